The Hall–Kier alpha value is -2.06. The molecular weight excluding hydrogens is 515 g/mol. The predicted molar refractivity (Wildman–Crippen MR) is 142 cm³/mol. The van der Waals surface area contributed by atoms with Crippen LogP contribution in [0.4, 0.5) is 11.5 Å². The average Bonchev–Trinajstić information content (AvgIpc) is 3.25. The third-order valence-corrected chi connectivity index (χ3v) is 7.11. The second-order valence-corrected chi connectivity index (χ2v) is 9.33. The van der Waals surface area contributed by atoms with Crippen LogP contribution in [0.5, 0.6) is 5.75 Å². The molecule has 3 aromatic carbocycles. The number of nitrogens with zero attached hydrogens (tertiary/aromatic N) is 1. The molecule has 0 unspecified atom stereocenters. The summed E-state index contributed by atoms with van der Waals surface area (Å²) in [5.41, 5.74) is 3.24. The van der Waals surface area contributed by atoms with Gasteiger partial charge in [0.25, 0.3) is 0 Å². The molecule has 0 spiro atoms. The van der Waals surface area contributed by atoms with Crippen LogP contribution in [0.15, 0.2) is 54.6 Å². The molecule has 0 fully saturated rings. The molecule has 0 saturated carbocycles. The highest BCUT2D eigenvalue weighted by molar-refractivity contribution is 7.13. The summed E-state index contributed by atoms with van der Waals surface area (Å²) in [5.74, 6) is 1.86. The first-order valence-electron chi connectivity index (χ1n) is 10.6. The molecule has 178 valence electrons. The van der Waals surface area contributed by atoms with Crippen LogP contribution in [0.3, 0.4) is 0 Å². The van der Waals surface area contributed by atoms with Gasteiger partial charge in [0.2, 0.25) is 0 Å². The molecule has 4 rings (SSSR count). The molecule has 9 heteroatoms. The van der Waals surface area contributed by atoms with Gasteiger partial charge in [-0.25, -0.2) is 0 Å². The molecule has 0 bridgehead atoms. The number of methoxy groups -OCH3 is 2. The molecule has 1 aromatic heterocycles. The molecule has 0 amide bonds. The molecule has 34 heavy (non-hydrogen) atoms. The van der Waals surface area contributed by atoms with E-state index < -0.39 is 6.29 Å². The lowest BCUT2D eigenvalue weighted by molar-refractivity contribution is -0.105. The van der Waals surface area contributed by atoms with Crippen molar-refractivity contribution in [3.63, 3.8) is 0 Å². The standard InChI is InChI=1S/C25H23Cl3N2O3S/c1-31-25(32-2)15-10-11-18-21(14-15)34-30-24(18)29-19-8-3-6-16(22(19)27)17-7-4-9-20(23(17)28)33-13-5-12-26/h3-4,6-11,14,25H,5,12-13H2,1-2H3,(H,29,30). The number of halogens is 3. The maximum atomic E-state index is 6.83. The van der Waals surface area contributed by atoms with Crippen LogP contribution in [0.2, 0.25) is 10.0 Å². The zero-order chi connectivity index (χ0) is 24.1. The smallest absolute Gasteiger partial charge is 0.183 e. The number of ether oxygens (including phenoxy) is 3. The Morgan fingerprint density at radius 3 is 2.44 bits per heavy atom. The molecule has 4 aromatic rings. The summed E-state index contributed by atoms with van der Waals surface area (Å²) in [6, 6.07) is 17.4. The van der Waals surface area contributed by atoms with Crippen molar-refractivity contribution in [1.82, 2.24) is 4.37 Å². The van der Waals surface area contributed by atoms with Crippen LogP contribution in [-0.4, -0.2) is 31.1 Å². The van der Waals surface area contributed by atoms with Crippen LogP contribution < -0.4 is 10.1 Å². The fraction of sp³-hybridized carbons (Fsp3) is 0.240. The first-order valence-corrected chi connectivity index (χ1v) is 12.6. The van der Waals surface area contributed by atoms with E-state index in [1.165, 1.54) is 11.5 Å². The molecule has 0 radical (unpaired) electrons. The van der Waals surface area contributed by atoms with Crippen LogP contribution in [0, 0.1) is 0 Å². The SMILES string of the molecule is COC(OC)c1ccc2c(Nc3cccc(-c4cccc(OCCCCl)c4Cl)c3Cl)nsc2c1. The summed E-state index contributed by atoms with van der Waals surface area (Å²) in [4.78, 5) is 0. The molecule has 0 aliphatic heterocycles. The minimum atomic E-state index is -0.423. The van der Waals surface area contributed by atoms with Gasteiger partial charge in [-0.15, -0.1) is 11.6 Å². The summed E-state index contributed by atoms with van der Waals surface area (Å²) < 4.78 is 22.1. The highest BCUT2D eigenvalue weighted by Crippen LogP contribution is 2.42. The second kappa shape index (κ2) is 11.6. The highest BCUT2D eigenvalue weighted by atomic mass is 35.5. The van der Waals surface area contributed by atoms with Crippen LogP contribution in [-0.2, 0) is 9.47 Å². The zero-order valence-corrected chi connectivity index (χ0v) is 21.7. The minimum absolute atomic E-state index is 0.423. The van der Waals surface area contributed by atoms with Crippen molar-refractivity contribution >= 4 is 67.9 Å². The summed E-state index contributed by atoms with van der Waals surface area (Å²) in [6.45, 7) is 0.496. The normalized spacial score (nSPS) is 11.4. The molecule has 0 saturated heterocycles. The van der Waals surface area contributed by atoms with Gasteiger partial charge in [0.1, 0.15) is 5.75 Å². The first-order chi connectivity index (χ1) is 16.6. The van der Waals surface area contributed by atoms with Gasteiger partial charge < -0.3 is 19.5 Å². The van der Waals surface area contributed by atoms with E-state index >= 15 is 0 Å². The van der Waals surface area contributed by atoms with Gasteiger partial charge in [0.05, 0.1) is 27.0 Å². The summed E-state index contributed by atoms with van der Waals surface area (Å²) >= 11 is 20.6. The fourth-order valence-electron chi connectivity index (χ4n) is 3.59. The van der Waals surface area contributed by atoms with Crippen molar-refractivity contribution in [2.45, 2.75) is 12.7 Å². The van der Waals surface area contributed by atoms with Crippen molar-refractivity contribution in [3.8, 4) is 16.9 Å². The second-order valence-electron chi connectivity index (χ2n) is 7.39. The van der Waals surface area contributed by atoms with E-state index in [9.17, 15) is 0 Å². The monoisotopic (exact) mass is 536 g/mol. The van der Waals surface area contributed by atoms with Crippen molar-refractivity contribution < 1.29 is 14.2 Å². The number of rotatable bonds is 10. The van der Waals surface area contributed by atoms with Gasteiger partial charge >= 0.3 is 0 Å². The van der Waals surface area contributed by atoms with Crippen LogP contribution >= 0.6 is 46.3 Å². The van der Waals surface area contributed by atoms with Crippen LogP contribution in [0.1, 0.15) is 18.3 Å². The van der Waals surface area contributed by atoms with E-state index in [4.69, 9.17) is 49.0 Å². The Labute approximate surface area is 217 Å². The topological polar surface area (TPSA) is 52.6 Å². The maximum Gasteiger partial charge on any atom is 0.183 e. The lowest BCUT2D eigenvalue weighted by atomic mass is 10.0. The quantitative estimate of drug-likeness (QED) is 0.125. The van der Waals surface area contributed by atoms with Crippen LogP contribution in [0.25, 0.3) is 21.2 Å². The lowest BCUT2D eigenvalue weighted by Gasteiger charge is -2.15. The third-order valence-electron chi connectivity index (χ3n) is 5.24. The van der Waals surface area contributed by atoms with Gasteiger partial charge in [-0.3, -0.25) is 0 Å². The number of nitrogens with one attached hydrogen (secondary N) is 1. The Balaban J connectivity index is 1.64. The Bertz CT molecular complexity index is 1280. The number of alkyl halides is 1. The first kappa shape index (κ1) is 25.0. The highest BCUT2D eigenvalue weighted by Gasteiger charge is 2.17. The van der Waals surface area contributed by atoms with Gasteiger partial charge in [-0.05, 0) is 42.2 Å². The number of hydrogen-bond acceptors (Lipinski definition) is 6. The molecule has 5 nitrogen and oxygen atoms in total. The van der Waals surface area contributed by atoms with E-state index in [2.05, 4.69) is 9.69 Å². The van der Waals surface area contributed by atoms with Crippen molar-refractivity contribution in [3.05, 3.63) is 70.2 Å². The zero-order valence-electron chi connectivity index (χ0n) is 18.6. The third kappa shape index (κ3) is 5.28. The Morgan fingerprint density at radius 2 is 1.71 bits per heavy atom. The molecule has 0 aliphatic carbocycles. The molecule has 1 N–H and O–H groups in total. The van der Waals surface area contributed by atoms with E-state index in [-0.39, 0.29) is 0 Å². The minimum Gasteiger partial charge on any atom is -0.492 e. The number of anilines is 2. The van der Waals surface area contributed by atoms with Crippen molar-refractivity contribution in [2.24, 2.45) is 0 Å². The molecule has 0 atom stereocenters. The number of hydrogen-bond donors (Lipinski definition) is 1. The van der Waals surface area contributed by atoms with Gasteiger partial charge in [-0.2, -0.15) is 4.37 Å². The fourth-order valence-corrected chi connectivity index (χ4v) is 5.04. The Morgan fingerprint density at radius 1 is 0.971 bits per heavy atom. The van der Waals surface area contributed by atoms with Gasteiger partial charge in [-0.1, -0.05) is 53.5 Å². The van der Waals surface area contributed by atoms with Gasteiger partial charge in [0, 0.05) is 42.2 Å². The largest absolute Gasteiger partial charge is 0.492 e. The van der Waals surface area contributed by atoms with Crippen molar-refractivity contribution in [2.75, 3.05) is 32.0 Å². The van der Waals surface area contributed by atoms with E-state index in [0.717, 1.165) is 44.7 Å². The molecular formula is C25H23Cl3N2O3S. The van der Waals surface area contributed by atoms with E-state index in [1.54, 1.807) is 14.2 Å². The molecule has 1 heterocycles. The summed E-state index contributed by atoms with van der Waals surface area (Å²) in [6.07, 6.45) is 0.316. The number of aromatic nitrogens is 1. The summed E-state index contributed by atoms with van der Waals surface area (Å²) in [5, 5.41) is 5.40. The predicted octanol–water partition coefficient (Wildman–Crippen LogP) is 8.31. The summed E-state index contributed by atoms with van der Waals surface area (Å²) in [7, 11) is 3.22. The van der Waals surface area contributed by atoms with Crippen molar-refractivity contribution in [1.29, 1.82) is 0 Å². The average molecular weight is 538 g/mol. The van der Waals surface area contributed by atoms with E-state index in [0.29, 0.717) is 28.3 Å². The maximum absolute atomic E-state index is 6.83. The van der Waals surface area contributed by atoms with Gasteiger partial charge in [0.15, 0.2) is 12.1 Å². The number of benzene rings is 3. The Kier molecular flexibility index (Phi) is 8.53. The van der Waals surface area contributed by atoms with E-state index in [1.807, 2.05) is 54.6 Å². The molecule has 0 aliphatic rings. The lowest BCUT2D eigenvalue weighted by Crippen LogP contribution is -2.03. The number of fused-ring (bicyclic) bond motifs is 1.